The van der Waals surface area contributed by atoms with E-state index < -0.39 is 5.97 Å². The molecule has 0 spiro atoms. The Bertz CT molecular complexity index is 269. The minimum atomic E-state index is -1.07. The van der Waals surface area contributed by atoms with E-state index in [2.05, 4.69) is 4.98 Å². The van der Waals surface area contributed by atoms with Crippen LogP contribution in [0.1, 0.15) is 16.3 Å². The van der Waals surface area contributed by atoms with E-state index in [1.807, 2.05) is 0 Å². The molecule has 4 nitrogen and oxygen atoms in total. The van der Waals surface area contributed by atoms with Gasteiger partial charge in [-0.15, -0.1) is 0 Å². The maximum atomic E-state index is 10.3. The van der Waals surface area contributed by atoms with Gasteiger partial charge in [0, 0.05) is 11.8 Å². The quantitative estimate of drug-likeness (QED) is 0.664. The lowest BCUT2D eigenvalue weighted by molar-refractivity contribution is 0.0689. The van der Waals surface area contributed by atoms with Gasteiger partial charge in [-0.3, -0.25) is 0 Å². The van der Waals surface area contributed by atoms with Crippen LogP contribution in [0.5, 0.6) is 0 Å². The van der Waals surface area contributed by atoms with Crippen molar-refractivity contribution in [3.05, 3.63) is 17.7 Å². The SMILES string of the molecule is Cc1ncc(C(=O)O)n1Cl. The Morgan fingerprint density at radius 1 is 1.90 bits per heavy atom. The number of hydrogen-bond donors (Lipinski definition) is 1. The molecule has 1 N–H and O–H groups in total. The van der Waals surface area contributed by atoms with Crippen molar-refractivity contribution < 1.29 is 9.90 Å². The number of nitrogens with zero attached hydrogens (tertiary/aromatic N) is 2. The standard InChI is InChI=1S/C5H5ClN2O2/c1-3-7-2-4(5(9)10)8(3)6/h2H,1H3,(H,9,10). The molecule has 1 aromatic heterocycles. The third kappa shape index (κ3) is 0.974. The van der Waals surface area contributed by atoms with Crippen LogP contribution in [0, 0.1) is 6.92 Å². The third-order valence-corrected chi connectivity index (χ3v) is 1.52. The van der Waals surface area contributed by atoms with Crippen LogP contribution in [0.3, 0.4) is 0 Å². The molecule has 0 atom stereocenters. The minimum absolute atomic E-state index is 0.0147. The van der Waals surface area contributed by atoms with Crippen molar-refractivity contribution in [1.29, 1.82) is 0 Å². The van der Waals surface area contributed by atoms with Crippen LogP contribution in [-0.4, -0.2) is 20.1 Å². The van der Waals surface area contributed by atoms with Crippen molar-refractivity contribution in [3.8, 4) is 0 Å². The van der Waals surface area contributed by atoms with E-state index in [0.29, 0.717) is 5.82 Å². The molecule has 1 aromatic rings. The zero-order chi connectivity index (χ0) is 7.72. The number of carbonyl (C=O) groups is 1. The van der Waals surface area contributed by atoms with Gasteiger partial charge in [0.2, 0.25) is 0 Å². The molecular formula is C5H5ClN2O2. The van der Waals surface area contributed by atoms with Gasteiger partial charge < -0.3 is 5.11 Å². The second kappa shape index (κ2) is 2.30. The first kappa shape index (κ1) is 7.08. The summed E-state index contributed by atoms with van der Waals surface area (Å²) in [5.74, 6) is -0.602. The Morgan fingerprint density at radius 2 is 2.50 bits per heavy atom. The van der Waals surface area contributed by atoms with Crippen molar-refractivity contribution in [2.45, 2.75) is 6.92 Å². The Morgan fingerprint density at radius 3 is 2.70 bits per heavy atom. The molecule has 1 rings (SSSR count). The Labute approximate surface area is 62.2 Å². The predicted molar refractivity (Wildman–Crippen MR) is 35.2 cm³/mol. The van der Waals surface area contributed by atoms with Crippen LogP contribution in [0.2, 0.25) is 0 Å². The van der Waals surface area contributed by atoms with E-state index in [-0.39, 0.29) is 5.69 Å². The molecule has 0 aliphatic carbocycles. The zero-order valence-corrected chi connectivity index (χ0v) is 5.96. The van der Waals surface area contributed by atoms with E-state index in [0.717, 1.165) is 4.09 Å². The van der Waals surface area contributed by atoms with Gasteiger partial charge in [0.15, 0.2) is 5.69 Å². The second-order valence-electron chi connectivity index (χ2n) is 1.78. The van der Waals surface area contributed by atoms with Gasteiger partial charge in [-0.2, -0.15) is 0 Å². The molecule has 0 aliphatic rings. The summed E-state index contributed by atoms with van der Waals surface area (Å²) < 4.78 is 1.00. The van der Waals surface area contributed by atoms with Crippen LogP contribution in [-0.2, 0) is 0 Å². The molecule has 0 bridgehead atoms. The van der Waals surface area contributed by atoms with Gasteiger partial charge in [-0.1, -0.05) is 0 Å². The zero-order valence-electron chi connectivity index (χ0n) is 5.21. The van der Waals surface area contributed by atoms with Crippen LogP contribution >= 0.6 is 11.8 Å². The van der Waals surface area contributed by atoms with Crippen LogP contribution in [0.15, 0.2) is 6.20 Å². The fraction of sp³-hybridized carbons (Fsp3) is 0.200. The summed E-state index contributed by atoms with van der Waals surface area (Å²) in [6.07, 6.45) is 1.21. The summed E-state index contributed by atoms with van der Waals surface area (Å²) in [7, 11) is 0. The number of carboxylic acids is 1. The number of rotatable bonds is 1. The third-order valence-electron chi connectivity index (χ3n) is 1.09. The lowest BCUT2D eigenvalue weighted by Crippen LogP contribution is -2.01. The normalized spacial score (nSPS) is 9.80. The molecule has 54 valence electrons. The van der Waals surface area contributed by atoms with E-state index >= 15 is 0 Å². The average Bonchev–Trinajstić information content (AvgIpc) is 2.14. The number of aromatic carboxylic acids is 1. The fourth-order valence-corrected chi connectivity index (χ4v) is 0.729. The lowest BCUT2D eigenvalue weighted by Gasteiger charge is -1.91. The van der Waals surface area contributed by atoms with Crippen LogP contribution < -0.4 is 0 Å². The first-order chi connectivity index (χ1) is 4.63. The smallest absolute Gasteiger partial charge is 0.355 e. The average molecular weight is 161 g/mol. The van der Waals surface area contributed by atoms with Gasteiger partial charge in [-0.05, 0) is 6.92 Å². The number of imidazole rings is 1. The van der Waals surface area contributed by atoms with Gasteiger partial charge in [0.05, 0.1) is 6.20 Å². The highest BCUT2D eigenvalue weighted by molar-refractivity contribution is 6.17. The van der Waals surface area contributed by atoms with Gasteiger partial charge >= 0.3 is 5.97 Å². The molecule has 5 heteroatoms. The van der Waals surface area contributed by atoms with Gasteiger partial charge in [-0.25, -0.2) is 13.9 Å². The minimum Gasteiger partial charge on any atom is -0.476 e. The van der Waals surface area contributed by atoms with E-state index in [4.69, 9.17) is 16.9 Å². The second-order valence-corrected chi connectivity index (χ2v) is 2.11. The van der Waals surface area contributed by atoms with Crippen molar-refractivity contribution in [1.82, 2.24) is 9.07 Å². The predicted octanol–water partition coefficient (Wildman–Crippen LogP) is 0.892. The number of carboxylic acid groups (broad SMARTS) is 1. The van der Waals surface area contributed by atoms with Crippen LogP contribution in [0.25, 0.3) is 0 Å². The van der Waals surface area contributed by atoms with Crippen molar-refractivity contribution in [2.75, 3.05) is 0 Å². The first-order valence-corrected chi connectivity index (χ1v) is 2.90. The van der Waals surface area contributed by atoms with Crippen molar-refractivity contribution in [2.24, 2.45) is 0 Å². The molecular weight excluding hydrogens is 156 g/mol. The van der Waals surface area contributed by atoms with E-state index in [9.17, 15) is 4.79 Å². The topological polar surface area (TPSA) is 55.1 Å². The summed E-state index contributed by atoms with van der Waals surface area (Å²) in [6, 6.07) is 0. The summed E-state index contributed by atoms with van der Waals surface area (Å²) >= 11 is 5.48. The molecule has 0 aromatic carbocycles. The van der Waals surface area contributed by atoms with Crippen LogP contribution in [0.4, 0.5) is 0 Å². The monoisotopic (exact) mass is 160 g/mol. The summed E-state index contributed by atoms with van der Waals surface area (Å²) in [5.41, 5.74) is -0.0147. The largest absolute Gasteiger partial charge is 0.476 e. The Kier molecular flexibility index (Phi) is 1.63. The molecule has 0 saturated heterocycles. The highest BCUT2D eigenvalue weighted by Crippen LogP contribution is 2.05. The lowest BCUT2D eigenvalue weighted by atomic mass is 10.5. The number of hydrogen-bond acceptors (Lipinski definition) is 2. The highest BCUT2D eigenvalue weighted by atomic mass is 35.5. The van der Waals surface area contributed by atoms with Gasteiger partial charge in [0.25, 0.3) is 0 Å². The molecule has 10 heavy (non-hydrogen) atoms. The number of aryl methyl sites for hydroxylation is 1. The molecule has 0 aliphatic heterocycles. The molecule has 0 fully saturated rings. The fourth-order valence-electron chi connectivity index (χ4n) is 0.569. The van der Waals surface area contributed by atoms with E-state index in [1.54, 1.807) is 6.92 Å². The summed E-state index contributed by atoms with van der Waals surface area (Å²) in [6.45, 7) is 1.62. The Hall–Kier alpha value is -1.03. The summed E-state index contributed by atoms with van der Waals surface area (Å²) in [5, 5.41) is 8.43. The Balaban J connectivity index is 3.17. The van der Waals surface area contributed by atoms with Crippen molar-refractivity contribution >= 4 is 17.7 Å². The highest BCUT2D eigenvalue weighted by Gasteiger charge is 2.10. The molecule has 1 heterocycles. The first-order valence-electron chi connectivity index (χ1n) is 2.56. The van der Waals surface area contributed by atoms with Gasteiger partial charge in [0.1, 0.15) is 5.82 Å². The maximum Gasteiger partial charge on any atom is 0.355 e. The molecule has 0 radical (unpaired) electrons. The maximum absolute atomic E-state index is 10.3. The molecule has 0 amide bonds. The molecule has 0 saturated carbocycles. The number of halogens is 1. The van der Waals surface area contributed by atoms with E-state index in [1.165, 1.54) is 6.20 Å². The van der Waals surface area contributed by atoms with Crippen molar-refractivity contribution in [3.63, 3.8) is 0 Å². The molecule has 0 unspecified atom stereocenters. The summed E-state index contributed by atoms with van der Waals surface area (Å²) in [4.78, 5) is 14.0. The number of aromatic nitrogens is 2.